The highest BCUT2D eigenvalue weighted by Crippen LogP contribution is 2.18. The number of carbonyl (C=O) groups is 1. The molecule has 23 heavy (non-hydrogen) atoms. The zero-order valence-electron chi connectivity index (χ0n) is 12.5. The van der Waals surface area contributed by atoms with Crippen LogP contribution >= 0.6 is 0 Å². The maximum atomic E-state index is 12.1. The molecule has 1 aliphatic heterocycles. The Bertz CT molecular complexity index is 771. The molecule has 0 spiro atoms. The minimum absolute atomic E-state index is 0.0414. The first kappa shape index (κ1) is 17.7. The summed E-state index contributed by atoms with van der Waals surface area (Å²) in [7, 11) is -7.14. The van der Waals surface area contributed by atoms with Crippen LogP contribution in [0.15, 0.2) is 29.2 Å². The summed E-state index contributed by atoms with van der Waals surface area (Å²) in [6, 6.07) is 5.70. The van der Waals surface area contributed by atoms with Gasteiger partial charge < -0.3 is 4.74 Å². The van der Waals surface area contributed by atoms with Crippen LogP contribution in [0, 0.1) is 5.92 Å². The summed E-state index contributed by atoms with van der Waals surface area (Å²) in [5, 5.41) is 0. The molecule has 0 bridgehead atoms. The molecule has 2 rings (SSSR count). The van der Waals surface area contributed by atoms with E-state index in [-0.39, 0.29) is 22.8 Å². The van der Waals surface area contributed by atoms with Crippen LogP contribution in [0.2, 0.25) is 0 Å². The zero-order chi connectivity index (χ0) is 17.1. The predicted octanol–water partition coefficient (Wildman–Crippen LogP) is -0.170. The van der Waals surface area contributed by atoms with Gasteiger partial charge in [-0.05, 0) is 37.6 Å². The number of hydrogen-bond donors (Lipinski definition) is 2. The predicted molar refractivity (Wildman–Crippen MR) is 82.8 cm³/mol. The average molecular weight is 362 g/mol. The maximum absolute atomic E-state index is 12.1. The second-order valence-corrected chi connectivity index (χ2v) is 9.01. The van der Waals surface area contributed by atoms with Gasteiger partial charge in [-0.2, -0.15) is 0 Å². The number of amides is 1. The van der Waals surface area contributed by atoms with E-state index in [1.165, 1.54) is 24.3 Å². The van der Waals surface area contributed by atoms with Crippen molar-refractivity contribution >= 4 is 25.8 Å². The Morgan fingerprint density at radius 2 is 1.96 bits per heavy atom. The van der Waals surface area contributed by atoms with E-state index in [2.05, 4.69) is 5.43 Å². The van der Waals surface area contributed by atoms with Crippen molar-refractivity contribution < 1.29 is 26.4 Å². The number of benzene rings is 1. The molecule has 1 aromatic carbocycles. The summed E-state index contributed by atoms with van der Waals surface area (Å²) in [6.45, 7) is 2.27. The molecule has 1 heterocycles. The van der Waals surface area contributed by atoms with Crippen molar-refractivity contribution in [3.63, 3.8) is 0 Å². The van der Waals surface area contributed by atoms with Gasteiger partial charge in [0.05, 0.1) is 28.9 Å². The van der Waals surface area contributed by atoms with Crippen LogP contribution in [0.25, 0.3) is 0 Å². The number of nitrogens with one attached hydrogen (secondary N) is 2. The minimum atomic E-state index is -3.93. The van der Waals surface area contributed by atoms with Gasteiger partial charge >= 0.3 is 0 Å². The van der Waals surface area contributed by atoms with Crippen molar-refractivity contribution in [2.24, 2.45) is 5.92 Å². The molecule has 1 aliphatic rings. The van der Waals surface area contributed by atoms with Crippen LogP contribution in [0.4, 0.5) is 0 Å². The third kappa shape index (κ3) is 4.66. The summed E-state index contributed by atoms with van der Waals surface area (Å²) >= 11 is 0. The van der Waals surface area contributed by atoms with E-state index in [4.69, 9.17) is 4.74 Å². The van der Waals surface area contributed by atoms with E-state index in [9.17, 15) is 21.6 Å². The van der Waals surface area contributed by atoms with Crippen molar-refractivity contribution in [3.8, 4) is 5.75 Å². The Kier molecular flexibility index (Phi) is 5.27. The molecule has 1 atom stereocenters. The molecule has 10 heteroatoms. The lowest BCUT2D eigenvalue weighted by molar-refractivity contribution is -0.124. The van der Waals surface area contributed by atoms with E-state index in [0.717, 1.165) is 0 Å². The van der Waals surface area contributed by atoms with Crippen LogP contribution in [0.5, 0.6) is 5.75 Å². The van der Waals surface area contributed by atoms with Gasteiger partial charge in [-0.1, -0.05) is 0 Å². The first-order chi connectivity index (χ1) is 10.7. The maximum Gasteiger partial charge on any atom is 0.257 e. The summed E-state index contributed by atoms with van der Waals surface area (Å²) in [6.07, 6.45) is 0.193. The van der Waals surface area contributed by atoms with Crippen molar-refractivity contribution in [2.45, 2.75) is 18.2 Å². The number of sulfone groups is 1. The lowest BCUT2D eigenvalue weighted by Gasteiger charge is -2.11. The lowest BCUT2D eigenvalue weighted by Crippen LogP contribution is -2.44. The molecule has 1 fully saturated rings. The highest BCUT2D eigenvalue weighted by atomic mass is 32.2. The lowest BCUT2D eigenvalue weighted by atomic mass is 10.1. The molecule has 0 radical (unpaired) electrons. The normalized spacial score (nSPS) is 20.1. The minimum Gasteiger partial charge on any atom is -0.494 e. The Morgan fingerprint density at radius 3 is 2.48 bits per heavy atom. The Labute approximate surface area is 135 Å². The van der Waals surface area contributed by atoms with Gasteiger partial charge in [0.2, 0.25) is 5.91 Å². The smallest absolute Gasteiger partial charge is 0.257 e. The highest BCUT2D eigenvalue weighted by molar-refractivity contribution is 7.91. The van der Waals surface area contributed by atoms with Crippen LogP contribution in [0.1, 0.15) is 13.3 Å². The fraction of sp³-hybridized carbons (Fsp3) is 0.462. The van der Waals surface area contributed by atoms with Gasteiger partial charge in [0, 0.05) is 0 Å². The van der Waals surface area contributed by atoms with Gasteiger partial charge in [0.15, 0.2) is 9.84 Å². The second-order valence-electron chi connectivity index (χ2n) is 5.10. The first-order valence-electron chi connectivity index (χ1n) is 6.98. The van der Waals surface area contributed by atoms with Crippen LogP contribution in [-0.4, -0.2) is 40.9 Å². The number of rotatable bonds is 6. The molecule has 0 unspecified atom stereocenters. The Morgan fingerprint density at radius 1 is 1.30 bits per heavy atom. The standard InChI is InChI=1S/C13H18N2O6S2/c1-2-21-11-3-5-12(6-4-11)23(19,20)15-14-13(16)10-7-8-22(17,18)9-10/h3-6,10,15H,2,7-9H2,1H3,(H,14,16)/t10-/m0/s1. The van der Waals surface area contributed by atoms with Crippen molar-refractivity contribution in [1.29, 1.82) is 0 Å². The molecule has 1 saturated heterocycles. The van der Waals surface area contributed by atoms with E-state index in [0.29, 0.717) is 12.4 Å². The number of hydrogen-bond acceptors (Lipinski definition) is 6. The first-order valence-corrected chi connectivity index (χ1v) is 10.3. The largest absolute Gasteiger partial charge is 0.494 e. The van der Waals surface area contributed by atoms with E-state index in [1.54, 1.807) is 0 Å². The SMILES string of the molecule is CCOc1ccc(S(=O)(=O)NNC(=O)[C@H]2CCS(=O)(=O)C2)cc1. The second kappa shape index (κ2) is 6.85. The molecule has 1 aromatic rings. The number of hydrazine groups is 1. The van der Waals surface area contributed by atoms with Crippen molar-refractivity contribution in [2.75, 3.05) is 18.1 Å². The number of sulfonamides is 1. The molecule has 0 aliphatic carbocycles. The quantitative estimate of drug-likeness (QED) is 0.678. The van der Waals surface area contributed by atoms with E-state index >= 15 is 0 Å². The highest BCUT2D eigenvalue weighted by Gasteiger charge is 2.33. The molecular weight excluding hydrogens is 344 g/mol. The molecule has 0 aromatic heterocycles. The van der Waals surface area contributed by atoms with Crippen LogP contribution < -0.4 is 15.0 Å². The van der Waals surface area contributed by atoms with Crippen LogP contribution in [-0.2, 0) is 24.7 Å². The van der Waals surface area contributed by atoms with E-state index in [1.807, 2.05) is 11.8 Å². The van der Waals surface area contributed by atoms with Crippen LogP contribution in [0.3, 0.4) is 0 Å². The van der Waals surface area contributed by atoms with Gasteiger partial charge in [-0.15, -0.1) is 4.83 Å². The molecule has 1 amide bonds. The Hall–Kier alpha value is -1.65. The monoisotopic (exact) mass is 362 g/mol. The topological polar surface area (TPSA) is 119 Å². The molecule has 128 valence electrons. The third-order valence-electron chi connectivity index (χ3n) is 3.36. The van der Waals surface area contributed by atoms with Gasteiger partial charge in [-0.3, -0.25) is 10.2 Å². The van der Waals surface area contributed by atoms with Gasteiger partial charge in [-0.25, -0.2) is 16.8 Å². The average Bonchev–Trinajstić information content (AvgIpc) is 2.86. The zero-order valence-corrected chi connectivity index (χ0v) is 14.1. The molecule has 0 saturated carbocycles. The van der Waals surface area contributed by atoms with Crippen molar-refractivity contribution in [3.05, 3.63) is 24.3 Å². The molecule has 2 N–H and O–H groups in total. The fourth-order valence-electron chi connectivity index (χ4n) is 2.16. The summed E-state index contributed by atoms with van der Waals surface area (Å²) in [5.41, 5.74) is 2.07. The van der Waals surface area contributed by atoms with Gasteiger partial charge in [0.1, 0.15) is 5.75 Å². The third-order valence-corrected chi connectivity index (χ3v) is 6.39. The van der Waals surface area contributed by atoms with Crippen molar-refractivity contribution in [1.82, 2.24) is 10.3 Å². The summed E-state index contributed by atoms with van der Waals surface area (Å²) < 4.78 is 52.0. The van der Waals surface area contributed by atoms with E-state index < -0.39 is 31.7 Å². The Balaban J connectivity index is 1.97. The summed E-state index contributed by atoms with van der Waals surface area (Å²) in [4.78, 5) is 13.8. The number of ether oxygens (including phenoxy) is 1. The number of carbonyl (C=O) groups excluding carboxylic acids is 1. The fourth-order valence-corrected chi connectivity index (χ4v) is 4.75. The molecular formula is C13H18N2O6S2. The molecule has 8 nitrogen and oxygen atoms in total. The summed E-state index contributed by atoms with van der Waals surface area (Å²) in [5.74, 6) is -1.17. The van der Waals surface area contributed by atoms with Gasteiger partial charge in [0.25, 0.3) is 10.0 Å².